The minimum Gasteiger partial charge on any atom is -0.478 e. The fourth-order valence-corrected chi connectivity index (χ4v) is 2.90. The SMILES string of the molecule is Cc1ccc(NC(=O)c2c(Cl)c(Cl)c(Cl)c(Cl)c2C(=O)O)c[n+]1O. The molecule has 10 heteroatoms. The Hall–Kier alpha value is -1.73. The van der Waals surface area contributed by atoms with Crippen LogP contribution >= 0.6 is 46.4 Å². The van der Waals surface area contributed by atoms with Gasteiger partial charge in [0.2, 0.25) is 11.9 Å². The summed E-state index contributed by atoms with van der Waals surface area (Å²) in [7, 11) is 0. The fraction of sp³-hybridized carbons (Fsp3) is 0.0714. The Balaban J connectivity index is 2.56. The maximum absolute atomic E-state index is 12.5. The monoisotopic (exact) mass is 409 g/mol. The van der Waals surface area contributed by atoms with Crippen LogP contribution < -0.4 is 10.0 Å². The van der Waals surface area contributed by atoms with E-state index in [1.165, 1.54) is 18.3 Å². The molecular weight excluding hydrogens is 402 g/mol. The van der Waals surface area contributed by atoms with E-state index in [-0.39, 0.29) is 20.8 Å². The van der Waals surface area contributed by atoms with Crippen LogP contribution in [0.4, 0.5) is 5.69 Å². The third-order valence-corrected chi connectivity index (χ3v) is 4.89. The molecule has 0 saturated carbocycles. The first-order valence-electron chi connectivity index (χ1n) is 6.27. The van der Waals surface area contributed by atoms with Crippen LogP contribution in [0.5, 0.6) is 0 Å². The van der Waals surface area contributed by atoms with E-state index in [1.807, 2.05) is 0 Å². The number of benzene rings is 1. The standard InChI is InChI=1S/C14H8Cl4N2O4/c1-5-2-3-6(4-20(5)24)19-13(21)7-8(14(22)23)10(16)12(18)11(17)9(7)15/h2-4H,1H3,(H2-,19,21,22,23,24)/p+1. The zero-order valence-corrected chi connectivity index (χ0v) is 14.9. The number of anilines is 1. The number of aromatic carboxylic acids is 1. The first-order chi connectivity index (χ1) is 11.1. The summed E-state index contributed by atoms with van der Waals surface area (Å²) in [5.41, 5.74) is -0.288. The van der Waals surface area contributed by atoms with Crippen LogP contribution in [0.25, 0.3) is 0 Å². The van der Waals surface area contributed by atoms with Crippen molar-refractivity contribution in [3.63, 3.8) is 0 Å². The minimum absolute atomic E-state index is 0.197. The molecule has 0 aliphatic carbocycles. The maximum atomic E-state index is 12.5. The summed E-state index contributed by atoms with van der Waals surface area (Å²) in [4.78, 5) is 23.9. The predicted molar refractivity (Wildman–Crippen MR) is 90.0 cm³/mol. The molecule has 0 aliphatic heterocycles. The highest BCUT2D eigenvalue weighted by Gasteiger charge is 2.29. The Labute approximate surface area is 156 Å². The predicted octanol–water partition coefficient (Wildman–Crippen LogP) is 4.08. The van der Waals surface area contributed by atoms with Gasteiger partial charge in [0, 0.05) is 17.7 Å². The first kappa shape index (κ1) is 18.6. The van der Waals surface area contributed by atoms with Gasteiger partial charge in [0.05, 0.1) is 31.2 Å². The van der Waals surface area contributed by atoms with E-state index in [9.17, 15) is 19.9 Å². The second-order valence-electron chi connectivity index (χ2n) is 4.67. The number of carboxylic acid groups (broad SMARTS) is 1. The second-order valence-corrected chi connectivity index (χ2v) is 6.18. The van der Waals surface area contributed by atoms with Gasteiger partial charge in [-0.15, -0.1) is 0 Å². The van der Waals surface area contributed by atoms with Crippen molar-refractivity contribution in [2.24, 2.45) is 0 Å². The molecule has 1 amide bonds. The number of pyridine rings is 1. The summed E-state index contributed by atoms with van der Waals surface area (Å²) in [6, 6.07) is 3.05. The summed E-state index contributed by atoms with van der Waals surface area (Å²) in [5, 5.41) is 20.1. The second kappa shape index (κ2) is 7.03. The number of hydrogen-bond donors (Lipinski definition) is 3. The van der Waals surface area contributed by atoms with E-state index < -0.39 is 28.0 Å². The van der Waals surface area contributed by atoms with Crippen LogP contribution in [0, 0.1) is 6.92 Å². The molecule has 0 spiro atoms. The number of amides is 1. The van der Waals surface area contributed by atoms with Gasteiger partial charge in [-0.05, 0) is 6.07 Å². The molecule has 0 unspecified atom stereocenters. The number of halogens is 4. The summed E-state index contributed by atoms with van der Waals surface area (Å²) in [6.07, 6.45) is 1.22. The molecule has 0 radical (unpaired) electrons. The molecular formula is C14H9Cl4N2O4+. The quantitative estimate of drug-likeness (QED) is 0.307. The van der Waals surface area contributed by atoms with Crippen LogP contribution in [0.3, 0.4) is 0 Å². The van der Waals surface area contributed by atoms with Gasteiger partial charge >= 0.3 is 5.97 Å². The van der Waals surface area contributed by atoms with Crippen molar-refractivity contribution in [2.75, 3.05) is 5.32 Å². The smallest absolute Gasteiger partial charge is 0.338 e. The molecule has 24 heavy (non-hydrogen) atoms. The number of aromatic nitrogens is 1. The van der Waals surface area contributed by atoms with Gasteiger partial charge in [-0.1, -0.05) is 46.4 Å². The van der Waals surface area contributed by atoms with Gasteiger partial charge in [-0.2, -0.15) is 0 Å². The summed E-state index contributed by atoms with van der Waals surface area (Å²) < 4.78 is 0.789. The Bertz CT molecular complexity index is 871. The molecule has 0 atom stereocenters. The molecule has 126 valence electrons. The molecule has 2 rings (SSSR count). The van der Waals surface area contributed by atoms with E-state index in [0.29, 0.717) is 5.69 Å². The largest absolute Gasteiger partial charge is 0.478 e. The van der Waals surface area contributed by atoms with Gasteiger partial charge < -0.3 is 10.4 Å². The lowest BCUT2D eigenvalue weighted by Gasteiger charge is -2.13. The molecule has 0 aliphatic rings. The Kier molecular flexibility index (Phi) is 5.45. The van der Waals surface area contributed by atoms with Gasteiger partial charge in [-0.25, -0.2) is 4.79 Å². The molecule has 1 heterocycles. The van der Waals surface area contributed by atoms with Crippen molar-refractivity contribution in [3.05, 3.63) is 55.2 Å². The number of nitrogens with zero attached hydrogens (tertiary/aromatic N) is 1. The lowest BCUT2D eigenvalue weighted by atomic mass is 10.1. The number of hydrogen-bond acceptors (Lipinski definition) is 3. The Morgan fingerprint density at radius 3 is 2.04 bits per heavy atom. The topological polar surface area (TPSA) is 90.5 Å². The number of carboxylic acids is 1. The molecule has 0 saturated heterocycles. The van der Waals surface area contributed by atoms with Gasteiger partial charge in [0.1, 0.15) is 5.69 Å². The third kappa shape index (κ3) is 3.37. The Morgan fingerprint density at radius 2 is 1.54 bits per heavy atom. The van der Waals surface area contributed by atoms with Crippen molar-refractivity contribution in [1.29, 1.82) is 0 Å². The molecule has 6 nitrogen and oxygen atoms in total. The lowest BCUT2D eigenvalue weighted by Crippen LogP contribution is -2.33. The zero-order chi connectivity index (χ0) is 18.2. The molecule has 1 aromatic heterocycles. The van der Waals surface area contributed by atoms with E-state index in [0.717, 1.165) is 4.73 Å². The number of carbonyl (C=O) groups is 2. The zero-order valence-electron chi connectivity index (χ0n) is 11.9. The van der Waals surface area contributed by atoms with Gasteiger partial charge in [0.25, 0.3) is 5.91 Å². The third-order valence-electron chi connectivity index (χ3n) is 3.09. The normalized spacial score (nSPS) is 10.5. The lowest BCUT2D eigenvalue weighted by molar-refractivity contribution is -0.908. The molecule has 1 aromatic carbocycles. The molecule has 0 fully saturated rings. The van der Waals surface area contributed by atoms with E-state index in [2.05, 4.69) is 5.32 Å². The van der Waals surface area contributed by atoms with Crippen LogP contribution in [0.2, 0.25) is 20.1 Å². The average molecular weight is 411 g/mol. The van der Waals surface area contributed by atoms with Crippen molar-refractivity contribution in [3.8, 4) is 0 Å². The summed E-state index contributed by atoms with van der Waals surface area (Å²) in [5.74, 6) is -2.37. The van der Waals surface area contributed by atoms with E-state index in [4.69, 9.17) is 46.4 Å². The van der Waals surface area contributed by atoms with Crippen LogP contribution in [-0.2, 0) is 0 Å². The highest BCUT2D eigenvalue weighted by Crippen LogP contribution is 2.41. The number of nitrogens with one attached hydrogen (secondary N) is 1. The van der Waals surface area contributed by atoms with Crippen LogP contribution in [-0.4, -0.2) is 22.2 Å². The minimum atomic E-state index is -1.49. The highest BCUT2D eigenvalue weighted by molar-refractivity contribution is 6.54. The van der Waals surface area contributed by atoms with Gasteiger partial charge in [0.15, 0.2) is 0 Å². The molecule has 2 aromatic rings. The number of carbonyl (C=O) groups excluding carboxylic acids is 1. The number of aryl methyl sites for hydroxylation is 1. The average Bonchev–Trinajstić information content (AvgIpc) is 2.51. The summed E-state index contributed by atoms with van der Waals surface area (Å²) >= 11 is 23.6. The molecule has 0 bridgehead atoms. The van der Waals surface area contributed by atoms with Crippen LogP contribution in [0.15, 0.2) is 18.3 Å². The van der Waals surface area contributed by atoms with Crippen molar-refractivity contribution in [2.45, 2.75) is 6.92 Å². The van der Waals surface area contributed by atoms with Crippen molar-refractivity contribution >= 4 is 64.0 Å². The molecule has 3 N–H and O–H groups in total. The van der Waals surface area contributed by atoms with E-state index >= 15 is 0 Å². The van der Waals surface area contributed by atoms with Crippen molar-refractivity contribution in [1.82, 2.24) is 0 Å². The number of rotatable bonds is 3. The van der Waals surface area contributed by atoms with Crippen LogP contribution in [0.1, 0.15) is 26.4 Å². The maximum Gasteiger partial charge on any atom is 0.338 e. The Morgan fingerprint density at radius 1 is 1.00 bits per heavy atom. The summed E-state index contributed by atoms with van der Waals surface area (Å²) in [6.45, 7) is 1.64. The van der Waals surface area contributed by atoms with Gasteiger partial charge in [-0.3, -0.25) is 10.0 Å². The fourth-order valence-electron chi connectivity index (χ4n) is 1.88. The van der Waals surface area contributed by atoms with E-state index in [1.54, 1.807) is 6.92 Å². The van der Waals surface area contributed by atoms with Crippen molar-refractivity contribution < 1.29 is 24.6 Å². The highest BCUT2D eigenvalue weighted by atomic mass is 35.5. The first-order valence-corrected chi connectivity index (χ1v) is 7.78.